The molecule has 1 N–H and O–H groups in total. The maximum Gasteiger partial charge on any atom is 0.319 e. The van der Waals surface area contributed by atoms with E-state index in [0.29, 0.717) is 5.82 Å². The largest absolute Gasteiger partial charge is 0.459 e. The zero-order chi connectivity index (χ0) is 16.3. The molecule has 1 amide bonds. The summed E-state index contributed by atoms with van der Waals surface area (Å²) < 4.78 is 5.37. The molecule has 0 aliphatic carbocycles. The molecule has 1 heterocycles. The van der Waals surface area contributed by atoms with Crippen LogP contribution in [0.1, 0.15) is 41.5 Å². The Morgan fingerprint density at radius 1 is 1.14 bits per heavy atom. The first-order valence-corrected chi connectivity index (χ1v) is 6.95. The average Bonchev–Trinajstić information content (AvgIpc) is 2.25. The summed E-state index contributed by atoms with van der Waals surface area (Å²) in [4.78, 5) is 28.8. The molecule has 1 atom stereocenters. The summed E-state index contributed by atoms with van der Waals surface area (Å²) in [6.07, 6.45) is 1.58. The standard InChI is InChI=1S/C16H24N2O3/c1-15(2,3)12(14(20)21-16(4,5)6)13(19)18-11-9-7-8-10-17-11/h7-10,12H,1-6H3,(H,17,18,19)/t12-/m0/s1. The van der Waals surface area contributed by atoms with Crippen LogP contribution in [0, 0.1) is 11.3 Å². The normalized spacial score (nSPS) is 13.4. The number of hydrogen-bond donors (Lipinski definition) is 1. The Bertz CT molecular complexity index is 498. The molecule has 0 fully saturated rings. The van der Waals surface area contributed by atoms with Gasteiger partial charge in [-0.05, 0) is 38.3 Å². The van der Waals surface area contributed by atoms with Crippen molar-refractivity contribution in [3.05, 3.63) is 24.4 Å². The molecular weight excluding hydrogens is 268 g/mol. The molecule has 0 aliphatic rings. The highest BCUT2D eigenvalue weighted by molar-refractivity contribution is 6.05. The van der Waals surface area contributed by atoms with Crippen molar-refractivity contribution in [1.29, 1.82) is 0 Å². The number of hydrogen-bond acceptors (Lipinski definition) is 4. The van der Waals surface area contributed by atoms with Crippen LogP contribution < -0.4 is 5.32 Å². The predicted molar refractivity (Wildman–Crippen MR) is 81.7 cm³/mol. The van der Waals surface area contributed by atoms with Crippen molar-refractivity contribution in [3.63, 3.8) is 0 Å². The van der Waals surface area contributed by atoms with E-state index in [-0.39, 0.29) is 0 Å². The molecule has 1 aromatic rings. The SMILES string of the molecule is CC(C)(C)OC(=O)[C@H](C(=O)Nc1ccccn1)C(C)(C)C. The highest BCUT2D eigenvalue weighted by Crippen LogP contribution is 2.29. The van der Waals surface area contributed by atoms with E-state index in [0.717, 1.165) is 0 Å². The Hall–Kier alpha value is -1.91. The van der Waals surface area contributed by atoms with Gasteiger partial charge in [0.1, 0.15) is 17.3 Å². The summed E-state index contributed by atoms with van der Waals surface area (Å²) in [5.74, 6) is -1.42. The number of nitrogens with zero attached hydrogens (tertiary/aromatic N) is 1. The number of carbonyl (C=O) groups is 2. The topological polar surface area (TPSA) is 68.3 Å². The van der Waals surface area contributed by atoms with Gasteiger partial charge in [0.25, 0.3) is 0 Å². The summed E-state index contributed by atoms with van der Waals surface area (Å²) in [5.41, 5.74) is -1.19. The number of esters is 1. The molecule has 21 heavy (non-hydrogen) atoms. The molecule has 0 spiro atoms. The number of amides is 1. The molecule has 0 saturated heterocycles. The highest BCUT2D eigenvalue weighted by Gasteiger charge is 2.40. The van der Waals surface area contributed by atoms with Gasteiger partial charge in [-0.25, -0.2) is 4.98 Å². The molecule has 0 bridgehead atoms. The first kappa shape index (κ1) is 17.1. The van der Waals surface area contributed by atoms with Gasteiger partial charge >= 0.3 is 5.97 Å². The fourth-order valence-electron chi connectivity index (χ4n) is 1.85. The van der Waals surface area contributed by atoms with Crippen LogP contribution >= 0.6 is 0 Å². The smallest absolute Gasteiger partial charge is 0.319 e. The molecule has 0 saturated carbocycles. The van der Waals surface area contributed by atoms with E-state index >= 15 is 0 Å². The van der Waals surface area contributed by atoms with Crippen LogP contribution in [0.25, 0.3) is 0 Å². The second-order valence-electron chi connectivity index (χ2n) is 7.04. The Balaban J connectivity index is 2.93. The van der Waals surface area contributed by atoms with Crippen molar-refractivity contribution in [2.75, 3.05) is 5.32 Å². The number of nitrogens with one attached hydrogen (secondary N) is 1. The van der Waals surface area contributed by atoms with E-state index in [4.69, 9.17) is 4.74 Å². The van der Waals surface area contributed by atoms with Gasteiger partial charge in [0.05, 0.1) is 0 Å². The Morgan fingerprint density at radius 3 is 2.19 bits per heavy atom. The van der Waals surface area contributed by atoms with E-state index in [1.54, 1.807) is 45.2 Å². The Kier molecular flexibility index (Phi) is 5.10. The first-order chi connectivity index (χ1) is 9.50. The third-order valence-corrected chi connectivity index (χ3v) is 2.69. The van der Waals surface area contributed by atoms with Gasteiger partial charge in [-0.3, -0.25) is 9.59 Å². The van der Waals surface area contributed by atoms with Gasteiger partial charge < -0.3 is 10.1 Å². The van der Waals surface area contributed by atoms with Crippen molar-refractivity contribution < 1.29 is 14.3 Å². The number of rotatable bonds is 3. The molecule has 1 aromatic heterocycles. The van der Waals surface area contributed by atoms with Gasteiger partial charge in [-0.2, -0.15) is 0 Å². The minimum atomic E-state index is -0.904. The Morgan fingerprint density at radius 2 is 1.76 bits per heavy atom. The van der Waals surface area contributed by atoms with Crippen LogP contribution in [0.15, 0.2) is 24.4 Å². The molecule has 0 radical (unpaired) electrons. The van der Waals surface area contributed by atoms with Crippen molar-refractivity contribution in [3.8, 4) is 0 Å². The lowest BCUT2D eigenvalue weighted by molar-refractivity contribution is -0.165. The first-order valence-electron chi connectivity index (χ1n) is 6.95. The summed E-state index contributed by atoms with van der Waals surface area (Å²) in [6.45, 7) is 10.8. The summed E-state index contributed by atoms with van der Waals surface area (Å²) in [6, 6.07) is 5.19. The van der Waals surface area contributed by atoms with Crippen LogP contribution in [0.4, 0.5) is 5.82 Å². The second-order valence-corrected chi connectivity index (χ2v) is 7.04. The van der Waals surface area contributed by atoms with Crippen LogP contribution in [0.3, 0.4) is 0 Å². The third kappa shape index (κ3) is 5.53. The maximum atomic E-state index is 12.4. The van der Waals surface area contributed by atoms with E-state index < -0.39 is 28.8 Å². The summed E-state index contributed by atoms with van der Waals surface area (Å²) in [5, 5.41) is 2.66. The zero-order valence-corrected chi connectivity index (χ0v) is 13.6. The molecule has 5 nitrogen and oxygen atoms in total. The van der Waals surface area contributed by atoms with E-state index in [1.165, 1.54) is 0 Å². The number of carbonyl (C=O) groups excluding carboxylic acids is 2. The molecule has 1 rings (SSSR count). The monoisotopic (exact) mass is 292 g/mol. The highest BCUT2D eigenvalue weighted by atomic mass is 16.6. The van der Waals surface area contributed by atoms with E-state index in [1.807, 2.05) is 20.8 Å². The minimum absolute atomic E-state index is 0.407. The molecular formula is C16H24N2O3. The lowest BCUT2D eigenvalue weighted by Crippen LogP contribution is -2.42. The van der Waals surface area contributed by atoms with Crippen molar-refractivity contribution in [2.45, 2.75) is 47.1 Å². The number of anilines is 1. The lowest BCUT2D eigenvalue weighted by Gasteiger charge is -2.30. The third-order valence-electron chi connectivity index (χ3n) is 2.69. The maximum absolute atomic E-state index is 12.4. The summed E-state index contributed by atoms with van der Waals surface area (Å²) in [7, 11) is 0. The van der Waals surface area contributed by atoms with Crippen molar-refractivity contribution in [2.24, 2.45) is 11.3 Å². The fourth-order valence-corrected chi connectivity index (χ4v) is 1.85. The van der Waals surface area contributed by atoms with Gasteiger partial charge in [-0.1, -0.05) is 26.8 Å². The molecule has 0 unspecified atom stereocenters. The average molecular weight is 292 g/mol. The molecule has 0 aromatic carbocycles. The Labute approximate surface area is 126 Å². The minimum Gasteiger partial charge on any atom is -0.459 e. The second kappa shape index (κ2) is 6.24. The quantitative estimate of drug-likeness (QED) is 0.687. The van der Waals surface area contributed by atoms with E-state index in [9.17, 15) is 9.59 Å². The van der Waals surface area contributed by atoms with Gasteiger partial charge in [-0.15, -0.1) is 0 Å². The van der Waals surface area contributed by atoms with Gasteiger partial charge in [0.2, 0.25) is 5.91 Å². The summed E-state index contributed by atoms with van der Waals surface area (Å²) >= 11 is 0. The number of aromatic nitrogens is 1. The predicted octanol–water partition coefficient (Wildman–Crippen LogP) is 3.02. The van der Waals surface area contributed by atoms with Gasteiger partial charge in [0.15, 0.2) is 0 Å². The molecule has 0 aliphatic heterocycles. The van der Waals surface area contributed by atoms with Gasteiger partial charge in [0, 0.05) is 6.20 Å². The van der Waals surface area contributed by atoms with Crippen LogP contribution in [0.5, 0.6) is 0 Å². The van der Waals surface area contributed by atoms with Crippen LogP contribution in [0.2, 0.25) is 0 Å². The molecule has 5 heteroatoms. The van der Waals surface area contributed by atoms with Crippen LogP contribution in [-0.2, 0) is 14.3 Å². The zero-order valence-electron chi connectivity index (χ0n) is 13.6. The van der Waals surface area contributed by atoms with Crippen molar-refractivity contribution >= 4 is 17.7 Å². The van der Waals surface area contributed by atoms with E-state index in [2.05, 4.69) is 10.3 Å². The van der Waals surface area contributed by atoms with Crippen LogP contribution in [-0.4, -0.2) is 22.5 Å². The molecule has 116 valence electrons. The fraction of sp³-hybridized carbons (Fsp3) is 0.562. The van der Waals surface area contributed by atoms with Crippen molar-refractivity contribution in [1.82, 2.24) is 4.98 Å². The lowest BCUT2D eigenvalue weighted by atomic mass is 9.80. The number of pyridine rings is 1. The number of ether oxygens (including phenoxy) is 1.